The maximum Gasteiger partial charge on any atom is 0.0444 e. The van der Waals surface area contributed by atoms with Crippen molar-refractivity contribution in [1.29, 1.82) is 0 Å². The van der Waals surface area contributed by atoms with Crippen molar-refractivity contribution in [3.05, 3.63) is 35.1 Å². The topological polar surface area (TPSA) is 12.0 Å². The minimum atomic E-state index is 0.560. The third-order valence-corrected chi connectivity index (χ3v) is 2.85. The van der Waals surface area contributed by atoms with Crippen molar-refractivity contribution in [3.63, 3.8) is 0 Å². The SMILES string of the molecule is CCC1C=C(C)C2=C(CCC=C2)N1. The molecular formula is C12H17N. The van der Waals surface area contributed by atoms with Gasteiger partial charge in [-0.05, 0) is 37.3 Å². The second kappa shape index (κ2) is 3.41. The molecule has 2 rings (SSSR count). The lowest BCUT2D eigenvalue weighted by Crippen LogP contribution is -2.31. The van der Waals surface area contributed by atoms with Gasteiger partial charge in [-0.3, -0.25) is 0 Å². The van der Waals surface area contributed by atoms with E-state index in [0.29, 0.717) is 6.04 Å². The average molecular weight is 175 g/mol. The summed E-state index contributed by atoms with van der Waals surface area (Å²) in [4.78, 5) is 0. The zero-order valence-corrected chi connectivity index (χ0v) is 8.43. The summed E-state index contributed by atoms with van der Waals surface area (Å²) < 4.78 is 0. The van der Waals surface area contributed by atoms with Crippen LogP contribution in [0.4, 0.5) is 0 Å². The highest BCUT2D eigenvalue weighted by atomic mass is 14.9. The molecule has 1 unspecified atom stereocenters. The van der Waals surface area contributed by atoms with Gasteiger partial charge in [0.15, 0.2) is 0 Å². The van der Waals surface area contributed by atoms with Gasteiger partial charge in [-0.25, -0.2) is 0 Å². The molecule has 1 N–H and O–H groups in total. The first-order valence-electron chi connectivity index (χ1n) is 5.16. The highest BCUT2D eigenvalue weighted by molar-refractivity contribution is 5.47. The zero-order chi connectivity index (χ0) is 9.26. The number of allylic oxidation sites excluding steroid dienone is 5. The molecule has 1 heterocycles. The first-order chi connectivity index (χ1) is 6.31. The Morgan fingerprint density at radius 1 is 1.54 bits per heavy atom. The number of hydrogen-bond acceptors (Lipinski definition) is 1. The fourth-order valence-corrected chi connectivity index (χ4v) is 2.06. The maximum atomic E-state index is 3.59. The minimum absolute atomic E-state index is 0.560. The van der Waals surface area contributed by atoms with E-state index >= 15 is 0 Å². The van der Waals surface area contributed by atoms with Gasteiger partial charge >= 0.3 is 0 Å². The van der Waals surface area contributed by atoms with Crippen molar-refractivity contribution in [1.82, 2.24) is 5.32 Å². The van der Waals surface area contributed by atoms with Gasteiger partial charge in [0.2, 0.25) is 0 Å². The van der Waals surface area contributed by atoms with Gasteiger partial charge in [-0.2, -0.15) is 0 Å². The van der Waals surface area contributed by atoms with Gasteiger partial charge in [-0.1, -0.05) is 25.2 Å². The van der Waals surface area contributed by atoms with Gasteiger partial charge in [0, 0.05) is 11.7 Å². The second-order valence-corrected chi connectivity index (χ2v) is 3.84. The van der Waals surface area contributed by atoms with Crippen LogP contribution in [0.1, 0.15) is 33.1 Å². The van der Waals surface area contributed by atoms with Crippen LogP contribution in [0.3, 0.4) is 0 Å². The standard InChI is InChI=1S/C12H17N/c1-3-10-8-9(2)11-6-4-5-7-12(11)13-10/h4,6,8,10,13H,3,5,7H2,1-2H3. The fourth-order valence-electron chi connectivity index (χ4n) is 2.06. The molecule has 0 bridgehead atoms. The van der Waals surface area contributed by atoms with E-state index < -0.39 is 0 Å². The molecule has 1 nitrogen and oxygen atoms in total. The normalized spacial score (nSPS) is 26.6. The van der Waals surface area contributed by atoms with E-state index in [1.807, 2.05) is 0 Å². The van der Waals surface area contributed by atoms with Gasteiger partial charge in [0.05, 0.1) is 0 Å². The average Bonchev–Trinajstić information content (AvgIpc) is 2.18. The van der Waals surface area contributed by atoms with E-state index in [9.17, 15) is 0 Å². The summed E-state index contributed by atoms with van der Waals surface area (Å²) in [5, 5.41) is 3.59. The van der Waals surface area contributed by atoms with Gasteiger partial charge in [0.1, 0.15) is 0 Å². The highest BCUT2D eigenvalue weighted by Crippen LogP contribution is 2.27. The van der Waals surface area contributed by atoms with Crippen LogP contribution in [0.2, 0.25) is 0 Å². The Morgan fingerprint density at radius 3 is 3.15 bits per heavy atom. The molecule has 0 aromatic heterocycles. The zero-order valence-electron chi connectivity index (χ0n) is 8.43. The number of nitrogens with one attached hydrogen (secondary N) is 1. The van der Waals surface area contributed by atoms with Crippen LogP contribution in [0.15, 0.2) is 35.1 Å². The molecule has 0 aromatic rings. The molecule has 0 saturated heterocycles. The summed E-state index contributed by atoms with van der Waals surface area (Å²) >= 11 is 0. The summed E-state index contributed by atoms with van der Waals surface area (Å²) in [5.74, 6) is 0. The van der Waals surface area contributed by atoms with Crippen LogP contribution in [0, 0.1) is 0 Å². The minimum Gasteiger partial charge on any atom is -0.382 e. The van der Waals surface area contributed by atoms with Crippen LogP contribution in [-0.4, -0.2) is 6.04 Å². The van der Waals surface area contributed by atoms with Crippen molar-refractivity contribution in [2.75, 3.05) is 0 Å². The molecule has 1 atom stereocenters. The molecule has 0 saturated carbocycles. The quantitative estimate of drug-likeness (QED) is 0.646. The van der Waals surface area contributed by atoms with Crippen molar-refractivity contribution in [2.24, 2.45) is 0 Å². The lowest BCUT2D eigenvalue weighted by atomic mass is 9.92. The Balaban J connectivity index is 2.28. The third-order valence-electron chi connectivity index (χ3n) is 2.85. The lowest BCUT2D eigenvalue weighted by molar-refractivity contribution is 0.606. The van der Waals surface area contributed by atoms with Crippen molar-refractivity contribution in [2.45, 2.75) is 39.2 Å². The van der Waals surface area contributed by atoms with E-state index in [2.05, 4.69) is 37.4 Å². The summed E-state index contributed by atoms with van der Waals surface area (Å²) in [6.45, 7) is 4.44. The summed E-state index contributed by atoms with van der Waals surface area (Å²) in [5.41, 5.74) is 4.32. The van der Waals surface area contributed by atoms with Crippen molar-refractivity contribution >= 4 is 0 Å². The van der Waals surface area contributed by atoms with Crippen LogP contribution < -0.4 is 5.32 Å². The smallest absolute Gasteiger partial charge is 0.0444 e. The lowest BCUT2D eigenvalue weighted by Gasteiger charge is -2.28. The first-order valence-corrected chi connectivity index (χ1v) is 5.16. The molecule has 0 spiro atoms. The van der Waals surface area contributed by atoms with E-state index in [4.69, 9.17) is 0 Å². The molecule has 1 heteroatoms. The Kier molecular flexibility index (Phi) is 2.26. The van der Waals surface area contributed by atoms with Crippen LogP contribution in [-0.2, 0) is 0 Å². The Hall–Kier alpha value is -0.980. The maximum absolute atomic E-state index is 3.59. The number of rotatable bonds is 1. The predicted octanol–water partition coefficient (Wildman–Crippen LogP) is 2.92. The Bertz CT molecular complexity index is 294. The predicted molar refractivity (Wildman–Crippen MR) is 56.4 cm³/mol. The molecule has 0 radical (unpaired) electrons. The van der Waals surface area contributed by atoms with Gasteiger partial charge in [0.25, 0.3) is 0 Å². The van der Waals surface area contributed by atoms with Crippen molar-refractivity contribution in [3.8, 4) is 0 Å². The molecular weight excluding hydrogens is 158 g/mol. The van der Waals surface area contributed by atoms with Crippen LogP contribution in [0.25, 0.3) is 0 Å². The molecule has 0 amide bonds. The highest BCUT2D eigenvalue weighted by Gasteiger charge is 2.17. The molecule has 70 valence electrons. The molecule has 13 heavy (non-hydrogen) atoms. The molecule has 1 aliphatic carbocycles. The van der Waals surface area contributed by atoms with Crippen LogP contribution >= 0.6 is 0 Å². The molecule has 0 aromatic carbocycles. The first kappa shape index (κ1) is 8.61. The van der Waals surface area contributed by atoms with E-state index in [1.165, 1.54) is 36.1 Å². The molecule has 1 aliphatic heterocycles. The van der Waals surface area contributed by atoms with Gasteiger partial charge < -0.3 is 5.32 Å². The van der Waals surface area contributed by atoms with Crippen LogP contribution in [0.5, 0.6) is 0 Å². The fraction of sp³-hybridized carbons (Fsp3) is 0.500. The Labute approximate surface area is 80.2 Å². The number of dihydropyridines is 1. The summed E-state index contributed by atoms with van der Waals surface area (Å²) in [7, 11) is 0. The summed E-state index contributed by atoms with van der Waals surface area (Å²) in [6, 6.07) is 0.560. The van der Waals surface area contributed by atoms with Gasteiger partial charge in [-0.15, -0.1) is 0 Å². The van der Waals surface area contributed by atoms with Crippen molar-refractivity contribution < 1.29 is 0 Å². The monoisotopic (exact) mass is 175 g/mol. The molecule has 0 fully saturated rings. The van der Waals surface area contributed by atoms with E-state index in [-0.39, 0.29) is 0 Å². The molecule has 2 aliphatic rings. The largest absolute Gasteiger partial charge is 0.382 e. The number of hydrogen-bond donors (Lipinski definition) is 1. The van der Waals surface area contributed by atoms with E-state index in [1.54, 1.807) is 0 Å². The Morgan fingerprint density at radius 2 is 2.38 bits per heavy atom. The third kappa shape index (κ3) is 1.55. The second-order valence-electron chi connectivity index (χ2n) is 3.84. The summed E-state index contributed by atoms with van der Waals surface area (Å²) in [6.07, 6.45) is 10.4. The van der Waals surface area contributed by atoms with E-state index in [0.717, 1.165) is 0 Å².